The van der Waals surface area contributed by atoms with Crippen molar-refractivity contribution in [2.45, 2.75) is 38.1 Å². The summed E-state index contributed by atoms with van der Waals surface area (Å²) in [6.07, 6.45) is 3.43. The van der Waals surface area contributed by atoms with Crippen LogP contribution >= 0.6 is 0 Å². The monoisotopic (exact) mass is 272 g/mol. The maximum Gasteiger partial charge on any atom is 0.248 e. The summed E-state index contributed by atoms with van der Waals surface area (Å²) in [5.74, 6) is 0.0466. The predicted octanol–water partition coefficient (Wildman–Crippen LogP) is -0.0974. The Labute approximate surface area is 114 Å². The molecule has 0 spiro atoms. The van der Waals surface area contributed by atoms with E-state index in [-0.39, 0.29) is 31.1 Å². The number of ether oxygens (including phenoxy) is 1. The molecule has 1 saturated heterocycles. The highest BCUT2D eigenvalue weighted by atomic mass is 16.5. The number of unbranched alkanes of at least 4 members (excludes halogenated alkanes) is 1. The van der Waals surface area contributed by atoms with Crippen molar-refractivity contribution >= 4 is 11.8 Å². The third-order valence-electron chi connectivity index (χ3n) is 3.29. The number of aliphatic hydroxyl groups is 1. The molecule has 0 unspecified atom stereocenters. The molecule has 0 aromatic heterocycles. The van der Waals surface area contributed by atoms with E-state index in [1.807, 2.05) is 0 Å². The number of carbonyl (C=O) groups is 2. The van der Waals surface area contributed by atoms with Gasteiger partial charge in [-0.3, -0.25) is 9.59 Å². The van der Waals surface area contributed by atoms with E-state index < -0.39 is 0 Å². The molecule has 0 saturated carbocycles. The van der Waals surface area contributed by atoms with Crippen molar-refractivity contribution in [3.05, 3.63) is 0 Å². The molecule has 0 aliphatic carbocycles. The minimum absolute atomic E-state index is 0.00947. The molecular weight excluding hydrogens is 248 g/mol. The molecule has 6 heteroatoms. The second-order valence-electron chi connectivity index (χ2n) is 4.84. The third-order valence-corrected chi connectivity index (χ3v) is 3.29. The van der Waals surface area contributed by atoms with Crippen molar-refractivity contribution in [3.8, 4) is 0 Å². The molecule has 6 nitrogen and oxygen atoms in total. The van der Waals surface area contributed by atoms with Gasteiger partial charge in [0.2, 0.25) is 11.8 Å². The first-order valence-electron chi connectivity index (χ1n) is 6.84. The Kier molecular flexibility index (Phi) is 7.43. The van der Waals surface area contributed by atoms with Crippen molar-refractivity contribution in [3.63, 3.8) is 0 Å². The molecule has 0 aromatic rings. The smallest absolute Gasteiger partial charge is 0.248 e. The van der Waals surface area contributed by atoms with Crippen LogP contribution in [0.1, 0.15) is 32.1 Å². The van der Waals surface area contributed by atoms with Crippen molar-refractivity contribution in [1.82, 2.24) is 10.2 Å². The maximum absolute atomic E-state index is 11.6. The Morgan fingerprint density at radius 3 is 2.58 bits per heavy atom. The summed E-state index contributed by atoms with van der Waals surface area (Å²) in [4.78, 5) is 25.0. The van der Waals surface area contributed by atoms with Crippen molar-refractivity contribution in [2.75, 3.05) is 33.4 Å². The molecule has 1 rings (SSSR count). The number of hydrogen-bond donors (Lipinski definition) is 2. The number of amides is 2. The van der Waals surface area contributed by atoms with E-state index in [2.05, 4.69) is 5.32 Å². The zero-order valence-corrected chi connectivity index (χ0v) is 11.6. The van der Waals surface area contributed by atoms with Crippen molar-refractivity contribution < 1.29 is 19.4 Å². The van der Waals surface area contributed by atoms with Gasteiger partial charge in [-0.1, -0.05) is 0 Å². The summed E-state index contributed by atoms with van der Waals surface area (Å²) < 4.78 is 4.82. The SMILES string of the molecule is COCC(=O)N1CCC(NC(=O)CCCCO)CC1. The van der Waals surface area contributed by atoms with Gasteiger partial charge in [-0.15, -0.1) is 0 Å². The van der Waals surface area contributed by atoms with E-state index in [9.17, 15) is 9.59 Å². The quantitative estimate of drug-likeness (QED) is 0.635. The van der Waals surface area contributed by atoms with Crippen LogP contribution in [0.5, 0.6) is 0 Å². The van der Waals surface area contributed by atoms with Crippen LogP contribution in [-0.2, 0) is 14.3 Å². The highest BCUT2D eigenvalue weighted by molar-refractivity contribution is 5.78. The van der Waals surface area contributed by atoms with Crippen LogP contribution in [0.4, 0.5) is 0 Å². The Morgan fingerprint density at radius 2 is 2.00 bits per heavy atom. The molecule has 2 N–H and O–H groups in total. The summed E-state index contributed by atoms with van der Waals surface area (Å²) in [7, 11) is 1.51. The highest BCUT2D eigenvalue weighted by Crippen LogP contribution is 2.11. The standard InChI is InChI=1S/C13H24N2O4/c1-19-10-13(18)15-7-5-11(6-8-15)14-12(17)4-2-3-9-16/h11,16H,2-10H2,1H3,(H,14,17). The van der Waals surface area contributed by atoms with Gasteiger partial charge >= 0.3 is 0 Å². The van der Waals surface area contributed by atoms with Crippen molar-refractivity contribution in [2.24, 2.45) is 0 Å². The lowest BCUT2D eigenvalue weighted by molar-refractivity contribution is -0.136. The van der Waals surface area contributed by atoms with Crippen LogP contribution in [0.3, 0.4) is 0 Å². The number of piperidine rings is 1. The normalized spacial score (nSPS) is 16.4. The van der Waals surface area contributed by atoms with E-state index in [1.165, 1.54) is 7.11 Å². The van der Waals surface area contributed by atoms with Crippen LogP contribution in [-0.4, -0.2) is 61.3 Å². The number of likely N-dealkylation sites (tertiary alicyclic amines) is 1. The molecule has 0 radical (unpaired) electrons. The molecule has 1 heterocycles. The fourth-order valence-electron chi connectivity index (χ4n) is 2.19. The Bertz CT molecular complexity index is 288. The fraction of sp³-hybridized carbons (Fsp3) is 0.846. The lowest BCUT2D eigenvalue weighted by Gasteiger charge is -2.32. The molecule has 1 aliphatic heterocycles. The lowest BCUT2D eigenvalue weighted by Crippen LogP contribution is -2.47. The average molecular weight is 272 g/mol. The highest BCUT2D eigenvalue weighted by Gasteiger charge is 2.23. The minimum atomic E-state index is 0.00947. The van der Waals surface area contributed by atoms with Gasteiger partial charge in [-0.05, 0) is 25.7 Å². The first-order chi connectivity index (χ1) is 9.17. The Balaban J connectivity index is 2.19. The summed E-state index contributed by atoms with van der Waals surface area (Å²) in [5, 5.41) is 11.6. The molecular formula is C13H24N2O4. The van der Waals surface area contributed by atoms with Gasteiger partial charge in [0.1, 0.15) is 6.61 Å². The topological polar surface area (TPSA) is 78.9 Å². The Morgan fingerprint density at radius 1 is 1.32 bits per heavy atom. The van der Waals surface area contributed by atoms with Crippen LogP contribution in [0, 0.1) is 0 Å². The maximum atomic E-state index is 11.6. The number of nitrogens with one attached hydrogen (secondary N) is 1. The predicted molar refractivity (Wildman–Crippen MR) is 70.6 cm³/mol. The molecule has 19 heavy (non-hydrogen) atoms. The lowest BCUT2D eigenvalue weighted by atomic mass is 10.0. The van der Waals surface area contributed by atoms with Gasteiger partial charge in [0, 0.05) is 39.3 Å². The number of nitrogens with zero attached hydrogens (tertiary/aromatic N) is 1. The summed E-state index contributed by atoms with van der Waals surface area (Å²) >= 11 is 0. The molecule has 0 bridgehead atoms. The number of carbonyl (C=O) groups excluding carboxylic acids is 2. The number of aliphatic hydroxyl groups excluding tert-OH is 1. The summed E-state index contributed by atoms with van der Waals surface area (Å²) in [6, 6.07) is 0.160. The number of methoxy groups -OCH3 is 1. The van der Waals surface area contributed by atoms with Gasteiger partial charge < -0.3 is 20.1 Å². The first-order valence-corrected chi connectivity index (χ1v) is 6.84. The first kappa shape index (κ1) is 15.9. The van der Waals surface area contributed by atoms with Gasteiger partial charge in [0.15, 0.2) is 0 Å². The van der Waals surface area contributed by atoms with Crippen LogP contribution in [0.2, 0.25) is 0 Å². The van der Waals surface area contributed by atoms with Gasteiger partial charge in [0.25, 0.3) is 0 Å². The van der Waals surface area contributed by atoms with Crippen molar-refractivity contribution in [1.29, 1.82) is 0 Å². The van der Waals surface area contributed by atoms with Crippen LogP contribution < -0.4 is 5.32 Å². The van der Waals surface area contributed by atoms with E-state index in [0.717, 1.165) is 12.8 Å². The largest absolute Gasteiger partial charge is 0.396 e. The molecule has 0 aromatic carbocycles. The van der Waals surface area contributed by atoms with Crippen LogP contribution in [0.25, 0.3) is 0 Å². The van der Waals surface area contributed by atoms with Gasteiger partial charge in [-0.25, -0.2) is 0 Å². The number of rotatable bonds is 7. The molecule has 1 fully saturated rings. The number of hydrogen-bond acceptors (Lipinski definition) is 4. The molecule has 1 aliphatic rings. The second-order valence-corrected chi connectivity index (χ2v) is 4.84. The minimum Gasteiger partial charge on any atom is -0.396 e. The summed E-state index contributed by atoms with van der Waals surface area (Å²) in [5.41, 5.74) is 0. The zero-order valence-electron chi connectivity index (χ0n) is 11.6. The summed E-state index contributed by atoms with van der Waals surface area (Å²) in [6.45, 7) is 1.60. The van der Waals surface area contributed by atoms with Gasteiger partial charge in [-0.2, -0.15) is 0 Å². The van der Waals surface area contributed by atoms with E-state index in [4.69, 9.17) is 9.84 Å². The zero-order chi connectivity index (χ0) is 14.1. The average Bonchev–Trinajstić information content (AvgIpc) is 2.40. The molecule has 110 valence electrons. The van der Waals surface area contributed by atoms with E-state index in [1.54, 1.807) is 4.90 Å². The van der Waals surface area contributed by atoms with Crippen LogP contribution in [0.15, 0.2) is 0 Å². The van der Waals surface area contributed by atoms with E-state index in [0.29, 0.717) is 32.4 Å². The fourth-order valence-corrected chi connectivity index (χ4v) is 2.19. The van der Waals surface area contributed by atoms with E-state index >= 15 is 0 Å². The Hall–Kier alpha value is -1.14. The molecule has 2 amide bonds. The van der Waals surface area contributed by atoms with Gasteiger partial charge in [0.05, 0.1) is 0 Å². The third kappa shape index (κ3) is 6.02. The molecule has 0 atom stereocenters. The second kappa shape index (κ2) is 8.87.